The van der Waals surface area contributed by atoms with Gasteiger partial charge in [-0.05, 0) is 55.3 Å². The fraction of sp³-hybridized carbons (Fsp3) is 0.0968. The van der Waals surface area contributed by atoms with E-state index in [4.69, 9.17) is 10.7 Å². The van der Waals surface area contributed by atoms with Crippen LogP contribution in [0.2, 0.25) is 0 Å². The van der Waals surface area contributed by atoms with Crippen molar-refractivity contribution in [2.75, 3.05) is 5.73 Å². The number of hydrogen-bond acceptors (Lipinski definition) is 7. The number of benzene rings is 2. The second kappa shape index (κ2) is 10.4. The van der Waals surface area contributed by atoms with Crippen molar-refractivity contribution in [1.82, 2.24) is 34.6 Å². The number of carbonyl (C=O) groups is 1. The van der Waals surface area contributed by atoms with Crippen LogP contribution in [0.4, 0.5) is 5.82 Å². The summed E-state index contributed by atoms with van der Waals surface area (Å²) in [6.45, 7) is 1.76. The third-order valence-corrected chi connectivity index (χ3v) is 6.61. The molecular weight excluding hydrogens is 516 g/mol. The first-order valence-corrected chi connectivity index (χ1v) is 12.8. The van der Waals surface area contributed by atoms with Crippen LogP contribution in [-0.2, 0) is 7.05 Å². The van der Waals surface area contributed by atoms with Crippen molar-refractivity contribution in [3.05, 3.63) is 118 Å². The standard InChI is InChI=1S/C31H24N8O2/c1-19(35-30(40)26-27-21(9-7-16-33-27)18-34-28(26)32)29-36-24-12-6-8-20(13-14-22-15-17-38(2)37-22)25(24)31(41)39(29)23-10-4-3-5-11-23/h3-12,15-19H,1-2H3,(H2,32,34)(H,35,40)/t19-/m0/s1. The predicted molar refractivity (Wildman–Crippen MR) is 156 cm³/mol. The van der Waals surface area contributed by atoms with E-state index in [1.54, 1.807) is 66.6 Å². The van der Waals surface area contributed by atoms with Crippen LogP contribution >= 0.6 is 0 Å². The third-order valence-electron chi connectivity index (χ3n) is 6.61. The molecule has 0 unspecified atom stereocenters. The van der Waals surface area contributed by atoms with Crippen molar-refractivity contribution >= 4 is 33.5 Å². The highest BCUT2D eigenvalue weighted by Gasteiger charge is 2.23. The summed E-state index contributed by atoms with van der Waals surface area (Å²) in [5.74, 6) is 6.04. The van der Waals surface area contributed by atoms with E-state index < -0.39 is 11.9 Å². The Balaban J connectivity index is 1.48. The molecule has 0 saturated heterocycles. The topological polar surface area (TPSA) is 134 Å². The van der Waals surface area contributed by atoms with Gasteiger partial charge in [0.05, 0.1) is 28.1 Å². The van der Waals surface area contributed by atoms with Gasteiger partial charge in [0.15, 0.2) is 0 Å². The van der Waals surface area contributed by atoms with Gasteiger partial charge in [0.1, 0.15) is 22.9 Å². The molecule has 0 aliphatic rings. The SMILES string of the molecule is C[C@H](NC(=O)c1c(N)ncc2cccnc12)c1nc2cccc(C#Cc3ccn(C)n3)c2c(=O)n1-c1ccccc1. The van der Waals surface area contributed by atoms with E-state index in [1.807, 2.05) is 37.4 Å². The van der Waals surface area contributed by atoms with Crippen molar-refractivity contribution in [3.8, 4) is 17.5 Å². The molecular formula is C31H24N8O2. The Labute approximate surface area is 234 Å². The summed E-state index contributed by atoms with van der Waals surface area (Å²) in [6.07, 6.45) is 4.97. The number of fused-ring (bicyclic) bond motifs is 2. The molecule has 0 aliphatic heterocycles. The molecule has 1 atom stereocenters. The van der Waals surface area contributed by atoms with Crippen LogP contribution in [0.15, 0.2) is 90.1 Å². The molecule has 1 amide bonds. The fourth-order valence-corrected chi connectivity index (χ4v) is 4.69. The van der Waals surface area contributed by atoms with Gasteiger partial charge in [-0.15, -0.1) is 0 Å². The van der Waals surface area contributed by atoms with Crippen molar-refractivity contribution in [2.45, 2.75) is 13.0 Å². The van der Waals surface area contributed by atoms with E-state index in [2.05, 4.69) is 32.2 Å². The summed E-state index contributed by atoms with van der Waals surface area (Å²) in [4.78, 5) is 41.1. The lowest BCUT2D eigenvalue weighted by atomic mass is 10.1. The maximum atomic E-state index is 14.2. The van der Waals surface area contributed by atoms with Gasteiger partial charge in [-0.2, -0.15) is 5.10 Å². The number of pyridine rings is 2. The summed E-state index contributed by atoms with van der Waals surface area (Å²) in [5.41, 5.74) is 8.57. The van der Waals surface area contributed by atoms with E-state index in [0.717, 1.165) is 0 Å². The molecule has 10 nitrogen and oxygen atoms in total. The minimum absolute atomic E-state index is 0.0592. The van der Waals surface area contributed by atoms with Gasteiger partial charge in [-0.25, -0.2) is 9.97 Å². The van der Waals surface area contributed by atoms with Crippen LogP contribution < -0.4 is 16.6 Å². The number of carbonyl (C=O) groups excluding carboxylic acids is 1. The molecule has 0 bridgehead atoms. The van der Waals surface area contributed by atoms with E-state index in [0.29, 0.717) is 44.6 Å². The first-order valence-electron chi connectivity index (χ1n) is 12.8. The molecule has 0 aliphatic carbocycles. The van der Waals surface area contributed by atoms with Gasteiger partial charge in [0.25, 0.3) is 11.5 Å². The summed E-state index contributed by atoms with van der Waals surface area (Å²) in [5, 5.41) is 8.30. The van der Waals surface area contributed by atoms with Gasteiger partial charge < -0.3 is 11.1 Å². The van der Waals surface area contributed by atoms with Crippen LogP contribution in [0.5, 0.6) is 0 Å². The third kappa shape index (κ3) is 4.77. The first-order chi connectivity index (χ1) is 19.9. The Hall–Kier alpha value is -5.82. The lowest BCUT2D eigenvalue weighted by Crippen LogP contribution is -2.34. The number of nitrogen functional groups attached to an aromatic ring is 1. The molecule has 6 rings (SSSR count). The second-order valence-corrected chi connectivity index (χ2v) is 9.43. The number of para-hydroxylation sites is 1. The number of amides is 1. The number of hydrogen-bond donors (Lipinski definition) is 2. The molecule has 10 heteroatoms. The van der Waals surface area contributed by atoms with Crippen molar-refractivity contribution < 1.29 is 4.79 Å². The van der Waals surface area contributed by atoms with E-state index in [-0.39, 0.29) is 16.9 Å². The van der Waals surface area contributed by atoms with Gasteiger partial charge >= 0.3 is 0 Å². The summed E-state index contributed by atoms with van der Waals surface area (Å²) in [6, 6.07) is 19.2. The van der Waals surface area contributed by atoms with Gasteiger partial charge in [0, 0.05) is 36.6 Å². The highest BCUT2D eigenvalue weighted by Crippen LogP contribution is 2.23. The number of nitrogens with one attached hydrogen (secondary N) is 1. The average molecular weight is 541 g/mol. The molecule has 0 spiro atoms. The summed E-state index contributed by atoms with van der Waals surface area (Å²) < 4.78 is 3.17. The summed E-state index contributed by atoms with van der Waals surface area (Å²) >= 11 is 0. The van der Waals surface area contributed by atoms with Crippen LogP contribution in [0, 0.1) is 11.8 Å². The van der Waals surface area contributed by atoms with Gasteiger partial charge in [-0.3, -0.25) is 23.8 Å². The molecule has 4 aromatic heterocycles. The molecule has 4 heterocycles. The number of rotatable bonds is 4. The normalized spacial score (nSPS) is 11.7. The monoisotopic (exact) mass is 540 g/mol. The van der Waals surface area contributed by atoms with Crippen LogP contribution in [0.25, 0.3) is 27.5 Å². The Bertz CT molecular complexity index is 2070. The average Bonchev–Trinajstić information content (AvgIpc) is 3.40. The molecule has 0 radical (unpaired) electrons. The number of nitrogens with zero attached hydrogens (tertiary/aromatic N) is 6. The lowest BCUT2D eigenvalue weighted by molar-refractivity contribution is 0.0940. The first kappa shape index (κ1) is 25.5. The van der Waals surface area contributed by atoms with Crippen LogP contribution in [0.1, 0.15) is 40.4 Å². The molecule has 41 heavy (non-hydrogen) atoms. The molecule has 200 valence electrons. The van der Waals surface area contributed by atoms with Crippen LogP contribution in [0.3, 0.4) is 0 Å². The van der Waals surface area contributed by atoms with Gasteiger partial charge in [0.2, 0.25) is 0 Å². The predicted octanol–water partition coefficient (Wildman–Crippen LogP) is 3.54. The maximum Gasteiger partial charge on any atom is 0.267 e. The Kier molecular flexibility index (Phi) is 6.45. The Morgan fingerprint density at radius 2 is 1.83 bits per heavy atom. The molecule has 2 aromatic carbocycles. The highest BCUT2D eigenvalue weighted by atomic mass is 16.2. The van der Waals surface area contributed by atoms with E-state index in [9.17, 15) is 9.59 Å². The number of nitrogens with two attached hydrogens (primary N) is 1. The van der Waals surface area contributed by atoms with Crippen LogP contribution in [-0.4, -0.2) is 35.2 Å². The highest BCUT2D eigenvalue weighted by molar-refractivity contribution is 6.09. The lowest BCUT2D eigenvalue weighted by Gasteiger charge is -2.20. The van der Waals surface area contributed by atoms with Crippen molar-refractivity contribution in [3.63, 3.8) is 0 Å². The van der Waals surface area contributed by atoms with Gasteiger partial charge in [-0.1, -0.05) is 30.2 Å². The van der Waals surface area contributed by atoms with Crippen molar-refractivity contribution in [2.24, 2.45) is 7.05 Å². The maximum absolute atomic E-state index is 14.2. The van der Waals surface area contributed by atoms with E-state index in [1.165, 1.54) is 4.57 Å². The quantitative estimate of drug-likeness (QED) is 0.327. The molecule has 0 fully saturated rings. The Morgan fingerprint density at radius 1 is 1.00 bits per heavy atom. The minimum Gasteiger partial charge on any atom is -0.383 e. The fourth-order valence-electron chi connectivity index (χ4n) is 4.69. The Morgan fingerprint density at radius 3 is 2.61 bits per heavy atom. The second-order valence-electron chi connectivity index (χ2n) is 9.43. The molecule has 6 aromatic rings. The largest absolute Gasteiger partial charge is 0.383 e. The minimum atomic E-state index is -0.693. The van der Waals surface area contributed by atoms with Crippen molar-refractivity contribution in [1.29, 1.82) is 0 Å². The number of anilines is 1. The number of aryl methyl sites for hydroxylation is 1. The smallest absolute Gasteiger partial charge is 0.267 e. The zero-order valence-electron chi connectivity index (χ0n) is 22.2. The zero-order chi connectivity index (χ0) is 28.5. The van der Waals surface area contributed by atoms with E-state index >= 15 is 0 Å². The molecule has 0 saturated carbocycles. The summed E-state index contributed by atoms with van der Waals surface area (Å²) in [7, 11) is 1.81. The molecule has 3 N–H and O–H groups in total. The number of aromatic nitrogens is 6. The zero-order valence-corrected chi connectivity index (χ0v) is 22.2.